The third-order valence-electron chi connectivity index (χ3n) is 2.76. The molecule has 1 amide bonds. The maximum atomic E-state index is 12.0. The lowest BCUT2D eigenvalue weighted by atomic mass is 10.1. The molecular formula is C13H23ClN2O4. The van der Waals surface area contributed by atoms with Gasteiger partial charge in [-0.25, -0.2) is 9.59 Å². The number of piperazine rings is 1. The third-order valence-corrected chi connectivity index (χ3v) is 2.76. The fourth-order valence-corrected chi connectivity index (χ4v) is 1.94. The highest BCUT2D eigenvalue weighted by molar-refractivity contribution is 5.85. The van der Waals surface area contributed by atoms with Gasteiger partial charge in [0.05, 0.1) is 0 Å². The second-order valence-corrected chi connectivity index (χ2v) is 5.58. The second-order valence-electron chi connectivity index (χ2n) is 5.58. The van der Waals surface area contributed by atoms with Crippen molar-refractivity contribution < 1.29 is 19.4 Å². The van der Waals surface area contributed by atoms with E-state index in [0.29, 0.717) is 26.2 Å². The number of ether oxygens (including phenoxy) is 1. The molecule has 0 spiro atoms. The Morgan fingerprint density at radius 2 is 2.00 bits per heavy atom. The number of hydrogen-bond acceptors (Lipinski definition) is 4. The van der Waals surface area contributed by atoms with E-state index in [4.69, 9.17) is 4.74 Å². The molecule has 7 heteroatoms. The van der Waals surface area contributed by atoms with Gasteiger partial charge in [0.25, 0.3) is 0 Å². The van der Waals surface area contributed by atoms with Crippen LogP contribution in [0.4, 0.5) is 4.79 Å². The van der Waals surface area contributed by atoms with E-state index in [1.165, 1.54) is 4.90 Å². The maximum absolute atomic E-state index is 12.0. The molecule has 116 valence electrons. The van der Waals surface area contributed by atoms with Crippen molar-refractivity contribution in [3.05, 3.63) is 12.7 Å². The molecule has 6 nitrogen and oxygen atoms in total. The summed E-state index contributed by atoms with van der Waals surface area (Å²) in [5.41, 5.74) is -0.627. The van der Waals surface area contributed by atoms with E-state index >= 15 is 0 Å². The van der Waals surface area contributed by atoms with Crippen molar-refractivity contribution in [2.75, 3.05) is 26.2 Å². The van der Waals surface area contributed by atoms with Crippen LogP contribution in [-0.2, 0) is 9.53 Å². The molecule has 1 aliphatic heterocycles. The normalized spacial score (nSPS) is 19.9. The largest absolute Gasteiger partial charge is 0.480 e. The summed E-state index contributed by atoms with van der Waals surface area (Å²) in [4.78, 5) is 26.5. The highest BCUT2D eigenvalue weighted by Gasteiger charge is 2.37. The van der Waals surface area contributed by atoms with Gasteiger partial charge < -0.3 is 9.84 Å². The van der Waals surface area contributed by atoms with Crippen molar-refractivity contribution in [1.29, 1.82) is 0 Å². The van der Waals surface area contributed by atoms with Crippen LogP contribution < -0.4 is 0 Å². The molecule has 1 fully saturated rings. The van der Waals surface area contributed by atoms with Crippen molar-refractivity contribution >= 4 is 24.5 Å². The van der Waals surface area contributed by atoms with Crippen LogP contribution in [0.15, 0.2) is 12.7 Å². The molecule has 0 aromatic heterocycles. The van der Waals surface area contributed by atoms with Crippen molar-refractivity contribution in [3.8, 4) is 0 Å². The van der Waals surface area contributed by atoms with Gasteiger partial charge in [-0.1, -0.05) is 6.08 Å². The van der Waals surface area contributed by atoms with Crippen LogP contribution in [0, 0.1) is 0 Å². The summed E-state index contributed by atoms with van der Waals surface area (Å²) in [5.74, 6) is -1.01. The minimum atomic E-state index is -1.01. The lowest BCUT2D eigenvalue weighted by Crippen LogP contribution is -2.58. The Labute approximate surface area is 125 Å². The number of carboxylic acid groups (broad SMARTS) is 1. The number of nitrogens with zero attached hydrogens (tertiary/aromatic N) is 2. The lowest BCUT2D eigenvalue weighted by Gasteiger charge is -2.39. The number of carbonyl (C=O) groups is 2. The van der Waals surface area contributed by atoms with Crippen LogP contribution in [0.25, 0.3) is 0 Å². The van der Waals surface area contributed by atoms with Gasteiger partial charge in [-0.05, 0) is 20.8 Å². The van der Waals surface area contributed by atoms with E-state index in [-0.39, 0.29) is 12.4 Å². The molecule has 1 unspecified atom stereocenters. The summed E-state index contributed by atoms with van der Waals surface area (Å²) in [7, 11) is 0. The molecule has 0 radical (unpaired) electrons. The van der Waals surface area contributed by atoms with Gasteiger partial charge in [0.2, 0.25) is 0 Å². The van der Waals surface area contributed by atoms with E-state index in [0.717, 1.165) is 0 Å². The number of carboxylic acids is 1. The maximum Gasteiger partial charge on any atom is 0.411 e. The van der Waals surface area contributed by atoms with E-state index in [1.54, 1.807) is 26.8 Å². The molecule has 20 heavy (non-hydrogen) atoms. The first-order valence-electron chi connectivity index (χ1n) is 6.30. The second kappa shape index (κ2) is 7.50. The van der Waals surface area contributed by atoms with Crippen molar-refractivity contribution in [1.82, 2.24) is 9.80 Å². The number of halogens is 1. The number of carbonyl (C=O) groups excluding carboxylic acids is 1. The van der Waals surface area contributed by atoms with E-state index in [9.17, 15) is 14.7 Å². The molecule has 1 atom stereocenters. The molecule has 0 aromatic carbocycles. The van der Waals surface area contributed by atoms with E-state index < -0.39 is 23.7 Å². The van der Waals surface area contributed by atoms with E-state index in [2.05, 4.69) is 6.58 Å². The molecule has 0 bridgehead atoms. The lowest BCUT2D eigenvalue weighted by molar-refractivity contribution is -0.145. The molecule has 0 aliphatic carbocycles. The molecule has 1 aliphatic rings. The van der Waals surface area contributed by atoms with Gasteiger partial charge in [-0.15, -0.1) is 19.0 Å². The fourth-order valence-electron chi connectivity index (χ4n) is 1.94. The van der Waals surface area contributed by atoms with Gasteiger partial charge in [0.1, 0.15) is 11.6 Å². The zero-order valence-corrected chi connectivity index (χ0v) is 13.0. The molecule has 1 rings (SSSR count). The Bertz CT molecular complexity index is 368. The standard InChI is InChI=1S/C13H22N2O4.ClH/c1-5-6-14-7-8-15(10(9-14)11(16)17)12(18)19-13(2,3)4;/h5,10H,1,6-9H2,2-4H3,(H,16,17);1H. The number of aliphatic carboxylic acids is 1. The highest BCUT2D eigenvalue weighted by Crippen LogP contribution is 2.16. The zero-order chi connectivity index (χ0) is 14.6. The molecule has 1 N–H and O–H groups in total. The SMILES string of the molecule is C=CCN1CCN(C(=O)OC(C)(C)C)C(C(=O)O)C1.Cl. The van der Waals surface area contributed by atoms with Gasteiger partial charge in [-0.3, -0.25) is 9.80 Å². The Morgan fingerprint density at radius 1 is 1.40 bits per heavy atom. The van der Waals surface area contributed by atoms with Crippen molar-refractivity contribution in [2.45, 2.75) is 32.4 Å². The molecule has 0 aromatic rings. The van der Waals surface area contributed by atoms with Crippen LogP contribution in [-0.4, -0.2) is 64.8 Å². The van der Waals surface area contributed by atoms with Gasteiger partial charge in [-0.2, -0.15) is 0 Å². The Morgan fingerprint density at radius 3 is 2.45 bits per heavy atom. The smallest absolute Gasteiger partial charge is 0.411 e. The number of rotatable bonds is 3. The van der Waals surface area contributed by atoms with Gasteiger partial charge >= 0.3 is 12.1 Å². The van der Waals surface area contributed by atoms with Crippen molar-refractivity contribution in [3.63, 3.8) is 0 Å². The molecule has 1 saturated heterocycles. The van der Waals surface area contributed by atoms with Crippen LogP contribution >= 0.6 is 12.4 Å². The minimum absolute atomic E-state index is 0. The Balaban J connectivity index is 0.00000361. The summed E-state index contributed by atoms with van der Waals surface area (Å²) < 4.78 is 5.24. The zero-order valence-electron chi connectivity index (χ0n) is 12.2. The Kier molecular flexibility index (Phi) is 7.02. The average molecular weight is 307 g/mol. The first kappa shape index (κ1) is 18.7. The van der Waals surface area contributed by atoms with Crippen LogP contribution in [0.3, 0.4) is 0 Å². The predicted molar refractivity (Wildman–Crippen MR) is 78.2 cm³/mol. The fraction of sp³-hybridized carbons (Fsp3) is 0.692. The van der Waals surface area contributed by atoms with Crippen LogP contribution in [0.2, 0.25) is 0 Å². The summed E-state index contributed by atoms with van der Waals surface area (Å²) >= 11 is 0. The highest BCUT2D eigenvalue weighted by atomic mass is 35.5. The van der Waals surface area contributed by atoms with Crippen LogP contribution in [0.5, 0.6) is 0 Å². The summed E-state index contributed by atoms with van der Waals surface area (Å²) in [6.07, 6.45) is 1.15. The minimum Gasteiger partial charge on any atom is -0.480 e. The van der Waals surface area contributed by atoms with Crippen molar-refractivity contribution in [2.24, 2.45) is 0 Å². The third kappa shape index (κ3) is 5.38. The van der Waals surface area contributed by atoms with Gasteiger partial charge in [0.15, 0.2) is 0 Å². The quantitative estimate of drug-likeness (QED) is 0.802. The Hall–Kier alpha value is -1.27. The topological polar surface area (TPSA) is 70.1 Å². The summed E-state index contributed by atoms with van der Waals surface area (Å²) in [6, 6.07) is -0.872. The first-order chi connectivity index (χ1) is 8.74. The monoisotopic (exact) mass is 306 g/mol. The predicted octanol–water partition coefficient (Wildman–Crippen LogP) is 1.60. The molecule has 0 saturated carbocycles. The summed E-state index contributed by atoms with van der Waals surface area (Å²) in [6.45, 7) is 10.8. The molecule has 1 heterocycles. The first-order valence-corrected chi connectivity index (χ1v) is 6.30. The van der Waals surface area contributed by atoms with E-state index in [1.807, 2.05) is 4.90 Å². The molecular weight excluding hydrogens is 284 g/mol. The van der Waals surface area contributed by atoms with Crippen LogP contribution in [0.1, 0.15) is 20.8 Å². The number of amides is 1. The average Bonchev–Trinajstić information content (AvgIpc) is 2.26. The van der Waals surface area contributed by atoms with Gasteiger partial charge in [0, 0.05) is 26.2 Å². The number of hydrogen-bond donors (Lipinski definition) is 1. The summed E-state index contributed by atoms with van der Waals surface area (Å²) in [5, 5.41) is 9.24.